The third-order valence-corrected chi connectivity index (χ3v) is 12.0. The van der Waals surface area contributed by atoms with Gasteiger partial charge >= 0.3 is 0 Å². The highest BCUT2D eigenvalue weighted by Crippen LogP contribution is 2.43. The fourth-order valence-electron chi connectivity index (χ4n) is 9.47. The number of aromatic nitrogens is 2. The third kappa shape index (κ3) is 4.63. The molecule has 0 amide bonds. The number of para-hydroxylation sites is 2. The molecule has 2 aliphatic rings. The first kappa shape index (κ1) is 31.2. The number of hydrogen-bond donors (Lipinski definition) is 1. The molecule has 12 rings (SSSR count). The number of rotatable bonds is 3. The maximum absolute atomic E-state index is 5.49. The van der Waals surface area contributed by atoms with Gasteiger partial charge in [0.15, 0.2) is 0 Å². The van der Waals surface area contributed by atoms with Crippen LogP contribution in [0, 0.1) is 0 Å². The number of hydrogen-bond acceptors (Lipinski definition) is 2. The van der Waals surface area contributed by atoms with E-state index in [9.17, 15) is 0 Å². The van der Waals surface area contributed by atoms with E-state index < -0.39 is 0 Å². The van der Waals surface area contributed by atoms with E-state index in [1.165, 1.54) is 70.8 Å². The van der Waals surface area contributed by atoms with E-state index >= 15 is 0 Å². The topological polar surface area (TPSA) is 34.2 Å². The van der Waals surface area contributed by atoms with Crippen molar-refractivity contribution >= 4 is 76.8 Å². The molecule has 1 aliphatic carbocycles. The van der Waals surface area contributed by atoms with Gasteiger partial charge in [-0.3, -0.25) is 4.57 Å². The summed E-state index contributed by atoms with van der Waals surface area (Å²) in [5, 5.41) is 13.8. The number of nitrogens with zero attached hydrogens (tertiary/aromatic N) is 3. The highest BCUT2D eigenvalue weighted by Gasteiger charge is 2.29. The third-order valence-electron chi connectivity index (χ3n) is 12.0. The Morgan fingerprint density at radius 1 is 0.500 bits per heavy atom. The highest BCUT2D eigenvalue weighted by molar-refractivity contribution is 6.26. The Morgan fingerprint density at radius 2 is 1.20 bits per heavy atom. The Labute approximate surface area is 324 Å². The molecule has 0 radical (unpaired) electrons. The van der Waals surface area contributed by atoms with Crippen molar-refractivity contribution in [2.75, 3.05) is 0 Å². The average molecular weight is 717 g/mol. The van der Waals surface area contributed by atoms with Crippen LogP contribution >= 0.6 is 0 Å². The number of nitrogens with one attached hydrogen (secondary N) is 1. The molecule has 4 heteroatoms. The van der Waals surface area contributed by atoms with Gasteiger partial charge in [-0.15, -0.1) is 0 Å². The molecule has 0 saturated carbocycles. The summed E-state index contributed by atoms with van der Waals surface area (Å²) in [6.07, 6.45) is 6.62. The first-order valence-corrected chi connectivity index (χ1v) is 19.6. The van der Waals surface area contributed by atoms with E-state index in [-0.39, 0.29) is 6.04 Å². The molecular weight excluding hydrogens is 681 g/mol. The van der Waals surface area contributed by atoms with E-state index in [1.807, 2.05) is 0 Å². The molecule has 3 heterocycles. The van der Waals surface area contributed by atoms with Crippen molar-refractivity contribution in [3.8, 4) is 16.8 Å². The van der Waals surface area contributed by atoms with Crippen molar-refractivity contribution < 1.29 is 0 Å². The number of allylic oxidation sites excluding steroid dienone is 1. The van der Waals surface area contributed by atoms with Crippen molar-refractivity contribution in [1.82, 2.24) is 14.5 Å². The van der Waals surface area contributed by atoms with Crippen LogP contribution in [-0.4, -0.2) is 21.1 Å². The lowest BCUT2D eigenvalue weighted by molar-refractivity contribution is 0.619. The van der Waals surface area contributed by atoms with Crippen LogP contribution in [0.4, 0.5) is 0 Å². The molecule has 1 N–H and O–H groups in total. The lowest BCUT2D eigenvalue weighted by Crippen LogP contribution is -2.43. The summed E-state index contributed by atoms with van der Waals surface area (Å²) in [5.74, 6) is 0.868. The van der Waals surface area contributed by atoms with Gasteiger partial charge in [-0.2, -0.15) is 0 Å². The average Bonchev–Trinajstić information content (AvgIpc) is 3.78. The lowest BCUT2D eigenvalue weighted by Gasteiger charge is -2.31. The van der Waals surface area contributed by atoms with Crippen LogP contribution in [-0.2, 0) is 0 Å². The largest absolute Gasteiger partial charge is 0.348 e. The molecular formula is C52H36N4. The molecule has 2 aromatic heterocycles. The van der Waals surface area contributed by atoms with E-state index in [0.717, 1.165) is 46.8 Å². The molecule has 4 nitrogen and oxygen atoms in total. The van der Waals surface area contributed by atoms with Crippen molar-refractivity contribution in [3.05, 3.63) is 193 Å². The van der Waals surface area contributed by atoms with Gasteiger partial charge in [-0.25, -0.2) is 4.99 Å². The van der Waals surface area contributed by atoms with Crippen LogP contribution < -0.4 is 5.32 Å². The molecule has 1 unspecified atom stereocenters. The zero-order valence-electron chi connectivity index (χ0n) is 30.7. The van der Waals surface area contributed by atoms with Crippen molar-refractivity contribution in [3.63, 3.8) is 0 Å². The van der Waals surface area contributed by atoms with Gasteiger partial charge in [-0.05, 0) is 81.9 Å². The fraction of sp³-hybridized carbons (Fsp3) is 0.0577. The molecule has 0 spiro atoms. The van der Waals surface area contributed by atoms with E-state index in [0.29, 0.717) is 0 Å². The maximum atomic E-state index is 5.49. The molecule has 1 aliphatic heterocycles. The number of aliphatic imine (C=N–C) groups is 1. The minimum Gasteiger partial charge on any atom is -0.348 e. The van der Waals surface area contributed by atoms with E-state index in [4.69, 9.17) is 4.99 Å². The van der Waals surface area contributed by atoms with Crippen LogP contribution in [0.5, 0.6) is 0 Å². The second-order valence-corrected chi connectivity index (χ2v) is 15.1. The van der Waals surface area contributed by atoms with Gasteiger partial charge in [0.1, 0.15) is 0 Å². The first-order valence-electron chi connectivity index (χ1n) is 19.6. The molecule has 264 valence electrons. The van der Waals surface area contributed by atoms with Gasteiger partial charge in [0.05, 0.1) is 33.8 Å². The Balaban J connectivity index is 1.14. The normalized spacial score (nSPS) is 15.6. The molecule has 1 atom stereocenters. The molecule has 8 aromatic carbocycles. The van der Waals surface area contributed by atoms with Crippen molar-refractivity contribution in [2.45, 2.75) is 18.9 Å². The standard InChI is InChI=1S/C52H36N4/c1-2-15-34(16-3-1)51-42-21-8-11-23-45(42)53-52(54-51)56-47-25-13-10-22-43(47)50-41-20-7-6-18-38(41)44(32-49(50)56)36-27-29-40-39-19-9-12-24-46(39)55(48(40)31-36)37-28-26-33-14-4-5-17-35(33)30-37/h1-10,12-22,24-32,45H,11,23H2,(H,53,54). The maximum Gasteiger partial charge on any atom is 0.209 e. The monoisotopic (exact) mass is 716 g/mol. The van der Waals surface area contributed by atoms with E-state index in [1.54, 1.807) is 0 Å². The Bertz CT molecular complexity index is 3340. The molecule has 0 fully saturated rings. The first-order chi connectivity index (χ1) is 27.8. The SMILES string of the molecule is C1=CC2=C(c3ccccc3)N=C(n3c4ccccc4c4c5ccccc5c(-c5ccc6c7ccccc7n(-c7ccc8ccccc8c7)c6c5)cc43)NC2CC1. The summed E-state index contributed by atoms with van der Waals surface area (Å²) in [4.78, 5) is 5.49. The van der Waals surface area contributed by atoms with Gasteiger partial charge in [0, 0.05) is 38.4 Å². The molecule has 10 aromatic rings. The second kappa shape index (κ2) is 12.2. The fourth-order valence-corrected chi connectivity index (χ4v) is 9.47. The van der Waals surface area contributed by atoms with Gasteiger partial charge in [0.2, 0.25) is 5.96 Å². The summed E-state index contributed by atoms with van der Waals surface area (Å²) in [6, 6.07) is 62.2. The van der Waals surface area contributed by atoms with Crippen LogP contribution in [0.25, 0.3) is 87.7 Å². The number of fused-ring (bicyclic) bond motifs is 10. The Hall–Kier alpha value is -7.17. The van der Waals surface area contributed by atoms with Gasteiger partial charge in [0.25, 0.3) is 0 Å². The predicted octanol–water partition coefficient (Wildman–Crippen LogP) is 12.8. The Kier molecular flexibility index (Phi) is 6.78. The summed E-state index contributed by atoms with van der Waals surface area (Å²) < 4.78 is 4.82. The van der Waals surface area contributed by atoms with Crippen LogP contribution in [0.15, 0.2) is 193 Å². The zero-order chi connectivity index (χ0) is 36.7. The summed E-state index contributed by atoms with van der Waals surface area (Å²) >= 11 is 0. The zero-order valence-corrected chi connectivity index (χ0v) is 30.7. The van der Waals surface area contributed by atoms with E-state index in [2.05, 4.69) is 196 Å². The van der Waals surface area contributed by atoms with Crippen molar-refractivity contribution in [2.24, 2.45) is 4.99 Å². The number of benzene rings is 8. The van der Waals surface area contributed by atoms with Gasteiger partial charge < -0.3 is 9.88 Å². The minimum absolute atomic E-state index is 0.179. The lowest BCUT2D eigenvalue weighted by atomic mass is 9.91. The van der Waals surface area contributed by atoms with Crippen molar-refractivity contribution in [1.29, 1.82) is 0 Å². The summed E-state index contributed by atoms with van der Waals surface area (Å²) in [7, 11) is 0. The minimum atomic E-state index is 0.179. The predicted molar refractivity (Wildman–Crippen MR) is 236 cm³/mol. The summed E-state index contributed by atoms with van der Waals surface area (Å²) in [5.41, 5.74) is 11.7. The van der Waals surface area contributed by atoms with Crippen LogP contribution in [0.1, 0.15) is 18.4 Å². The summed E-state index contributed by atoms with van der Waals surface area (Å²) in [6.45, 7) is 0. The smallest absolute Gasteiger partial charge is 0.209 e. The Morgan fingerprint density at radius 3 is 2.05 bits per heavy atom. The highest BCUT2D eigenvalue weighted by atomic mass is 15.2. The molecule has 56 heavy (non-hydrogen) atoms. The second-order valence-electron chi connectivity index (χ2n) is 15.1. The van der Waals surface area contributed by atoms with Crippen LogP contribution in [0.3, 0.4) is 0 Å². The molecule has 0 saturated heterocycles. The van der Waals surface area contributed by atoms with Crippen LogP contribution in [0.2, 0.25) is 0 Å². The molecule has 0 bridgehead atoms. The van der Waals surface area contributed by atoms with Gasteiger partial charge in [-0.1, -0.05) is 146 Å². The quantitative estimate of drug-likeness (QED) is 0.194.